The average molecular weight is 392 g/mol. The second-order valence-electron chi connectivity index (χ2n) is 6.26. The smallest absolute Gasteiger partial charge is 0.374 e. The molecule has 2 aromatic carbocycles. The summed E-state index contributed by atoms with van der Waals surface area (Å²) in [5.41, 5.74) is 1.55. The van der Waals surface area contributed by atoms with Gasteiger partial charge in [-0.15, -0.1) is 0 Å². The van der Waals surface area contributed by atoms with Crippen LogP contribution in [0.5, 0.6) is 5.75 Å². The number of esters is 1. The molecule has 4 rings (SSSR count). The molecular weight excluding hydrogens is 376 g/mol. The Labute approximate surface area is 164 Å². The number of aromatic nitrogens is 2. The largest absolute Gasteiger partial charge is 0.496 e. The minimum Gasteiger partial charge on any atom is -0.496 e. The van der Waals surface area contributed by atoms with Crippen LogP contribution in [0.2, 0.25) is 0 Å². The van der Waals surface area contributed by atoms with Gasteiger partial charge in [0, 0.05) is 6.07 Å². The number of methoxy groups -OCH3 is 1. The molecule has 2 aromatic heterocycles. The number of fused-ring (bicyclic) bond motifs is 1. The number of ether oxygens (including phenoxy) is 2. The number of carbonyl (C=O) groups is 1. The van der Waals surface area contributed by atoms with Crippen LogP contribution in [-0.4, -0.2) is 23.2 Å². The molecule has 0 aliphatic rings. The fourth-order valence-electron chi connectivity index (χ4n) is 2.82. The maximum absolute atomic E-state index is 12.3. The average Bonchev–Trinajstić information content (AvgIpc) is 3.21. The van der Waals surface area contributed by atoms with E-state index in [-0.39, 0.29) is 23.7 Å². The molecule has 2 heterocycles. The third-order valence-corrected chi connectivity index (χ3v) is 4.23. The molecule has 8 nitrogen and oxygen atoms in total. The van der Waals surface area contributed by atoms with Crippen LogP contribution in [0, 0.1) is 6.92 Å². The normalized spacial score (nSPS) is 10.8. The Morgan fingerprint density at radius 1 is 1.14 bits per heavy atom. The third-order valence-electron chi connectivity index (χ3n) is 4.23. The fourth-order valence-corrected chi connectivity index (χ4v) is 2.82. The zero-order valence-electron chi connectivity index (χ0n) is 15.7. The minimum absolute atomic E-state index is 0.0954. The molecule has 0 spiro atoms. The van der Waals surface area contributed by atoms with Crippen LogP contribution in [0.3, 0.4) is 0 Å². The first-order valence-corrected chi connectivity index (χ1v) is 8.73. The van der Waals surface area contributed by atoms with E-state index in [4.69, 9.17) is 18.4 Å². The molecule has 0 bridgehead atoms. The summed E-state index contributed by atoms with van der Waals surface area (Å²) in [6.45, 7) is 1.60. The number of aryl methyl sites for hydroxylation is 1. The first kappa shape index (κ1) is 18.4. The molecule has 0 N–H and O–H groups in total. The molecule has 0 amide bonds. The van der Waals surface area contributed by atoms with E-state index >= 15 is 0 Å². The van der Waals surface area contributed by atoms with Crippen molar-refractivity contribution in [2.24, 2.45) is 0 Å². The van der Waals surface area contributed by atoms with Crippen molar-refractivity contribution in [1.29, 1.82) is 0 Å². The highest BCUT2D eigenvalue weighted by Crippen LogP contribution is 2.27. The van der Waals surface area contributed by atoms with Gasteiger partial charge in [-0.2, -0.15) is 4.98 Å². The predicted molar refractivity (Wildman–Crippen MR) is 103 cm³/mol. The first-order chi connectivity index (χ1) is 14.0. The summed E-state index contributed by atoms with van der Waals surface area (Å²) < 4.78 is 21.0. The molecule has 0 atom stereocenters. The number of para-hydroxylation sites is 1. The molecular formula is C21H16N2O6. The van der Waals surface area contributed by atoms with Crippen LogP contribution in [0.25, 0.3) is 22.4 Å². The van der Waals surface area contributed by atoms with Crippen molar-refractivity contribution in [2.45, 2.75) is 13.5 Å². The molecule has 0 fully saturated rings. The second-order valence-corrected chi connectivity index (χ2v) is 6.26. The van der Waals surface area contributed by atoms with E-state index in [9.17, 15) is 9.59 Å². The number of nitrogens with zero attached hydrogens (tertiary/aromatic N) is 2. The van der Waals surface area contributed by atoms with Crippen molar-refractivity contribution in [2.75, 3.05) is 7.11 Å². The summed E-state index contributed by atoms with van der Waals surface area (Å²) in [6, 6.07) is 13.4. The van der Waals surface area contributed by atoms with E-state index in [2.05, 4.69) is 10.1 Å². The summed E-state index contributed by atoms with van der Waals surface area (Å²) in [4.78, 5) is 28.7. The van der Waals surface area contributed by atoms with Gasteiger partial charge in [-0.25, -0.2) is 4.79 Å². The lowest BCUT2D eigenvalue weighted by Gasteiger charge is -2.04. The maximum Gasteiger partial charge on any atom is 0.374 e. The predicted octanol–water partition coefficient (Wildman–Crippen LogP) is 3.52. The minimum atomic E-state index is -0.804. The van der Waals surface area contributed by atoms with Crippen LogP contribution in [0.15, 0.2) is 62.3 Å². The lowest BCUT2D eigenvalue weighted by molar-refractivity contribution is 0.0394. The van der Waals surface area contributed by atoms with Crippen LogP contribution < -0.4 is 10.2 Å². The highest BCUT2D eigenvalue weighted by atomic mass is 16.6. The lowest BCUT2D eigenvalue weighted by Crippen LogP contribution is -2.10. The monoisotopic (exact) mass is 392 g/mol. The fraction of sp³-hybridized carbons (Fsp3) is 0.143. The van der Waals surface area contributed by atoms with Gasteiger partial charge < -0.3 is 18.4 Å². The Hall–Kier alpha value is -3.94. The first-order valence-electron chi connectivity index (χ1n) is 8.73. The highest BCUT2D eigenvalue weighted by Gasteiger charge is 2.17. The lowest BCUT2D eigenvalue weighted by atomic mass is 10.1. The standard InChI is InChI=1S/C21H16N2O6/c1-12-7-8-17-14(9-12)15(24)10-18(28-17)21(25)27-11-19-22-20(23-29-19)13-5-3-4-6-16(13)26-2/h3-10H,11H2,1-2H3. The van der Waals surface area contributed by atoms with Gasteiger partial charge in [0.1, 0.15) is 11.3 Å². The summed E-state index contributed by atoms with van der Waals surface area (Å²) >= 11 is 0. The topological polar surface area (TPSA) is 105 Å². The van der Waals surface area contributed by atoms with Crippen molar-refractivity contribution in [1.82, 2.24) is 10.1 Å². The summed E-state index contributed by atoms with van der Waals surface area (Å²) in [6.07, 6.45) is 0. The van der Waals surface area contributed by atoms with E-state index in [1.807, 2.05) is 19.1 Å². The number of carbonyl (C=O) groups excluding carboxylic acids is 1. The van der Waals surface area contributed by atoms with E-state index < -0.39 is 5.97 Å². The van der Waals surface area contributed by atoms with Crippen molar-refractivity contribution >= 4 is 16.9 Å². The molecule has 0 unspecified atom stereocenters. The van der Waals surface area contributed by atoms with Gasteiger partial charge >= 0.3 is 5.97 Å². The summed E-state index contributed by atoms with van der Waals surface area (Å²) in [5, 5.41) is 4.28. The summed E-state index contributed by atoms with van der Waals surface area (Å²) in [5.74, 6) is -0.0124. The maximum atomic E-state index is 12.3. The van der Waals surface area contributed by atoms with Crippen LogP contribution in [0.1, 0.15) is 22.0 Å². The van der Waals surface area contributed by atoms with Gasteiger partial charge in [-0.3, -0.25) is 4.79 Å². The Morgan fingerprint density at radius 2 is 1.97 bits per heavy atom. The molecule has 8 heteroatoms. The molecule has 0 saturated heterocycles. The van der Waals surface area contributed by atoms with Crippen molar-refractivity contribution < 1.29 is 23.2 Å². The Kier molecular flexibility index (Phi) is 4.82. The second kappa shape index (κ2) is 7.59. The Morgan fingerprint density at radius 3 is 2.79 bits per heavy atom. The van der Waals surface area contributed by atoms with E-state index in [0.29, 0.717) is 28.1 Å². The van der Waals surface area contributed by atoms with Gasteiger partial charge in [0.25, 0.3) is 5.89 Å². The molecule has 146 valence electrons. The SMILES string of the molecule is COc1ccccc1-c1noc(COC(=O)c2cc(=O)c3cc(C)ccc3o2)n1. The number of hydrogen-bond donors (Lipinski definition) is 0. The number of benzene rings is 2. The molecule has 0 aliphatic carbocycles. The highest BCUT2D eigenvalue weighted by molar-refractivity contribution is 5.89. The summed E-state index contributed by atoms with van der Waals surface area (Å²) in [7, 11) is 1.54. The quantitative estimate of drug-likeness (QED) is 0.475. The van der Waals surface area contributed by atoms with E-state index in [1.165, 1.54) is 0 Å². The third kappa shape index (κ3) is 3.73. The van der Waals surface area contributed by atoms with Gasteiger partial charge in [0.05, 0.1) is 18.1 Å². The van der Waals surface area contributed by atoms with Gasteiger partial charge in [-0.05, 0) is 31.2 Å². The van der Waals surface area contributed by atoms with Crippen LogP contribution >= 0.6 is 0 Å². The molecule has 4 aromatic rings. The Bertz CT molecular complexity index is 1260. The molecule has 29 heavy (non-hydrogen) atoms. The van der Waals surface area contributed by atoms with Gasteiger partial charge in [-0.1, -0.05) is 28.9 Å². The van der Waals surface area contributed by atoms with E-state index in [1.54, 1.807) is 37.4 Å². The molecule has 0 saturated carbocycles. The number of rotatable bonds is 5. The van der Waals surface area contributed by atoms with Crippen LogP contribution in [0.4, 0.5) is 0 Å². The van der Waals surface area contributed by atoms with Crippen molar-refractivity contribution in [3.05, 3.63) is 76.0 Å². The Balaban J connectivity index is 1.51. The molecule has 0 aliphatic heterocycles. The van der Waals surface area contributed by atoms with Gasteiger partial charge in [0.2, 0.25) is 11.6 Å². The number of hydrogen-bond acceptors (Lipinski definition) is 8. The molecule has 0 radical (unpaired) electrons. The van der Waals surface area contributed by atoms with Gasteiger partial charge in [0.15, 0.2) is 12.0 Å². The van der Waals surface area contributed by atoms with E-state index in [0.717, 1.165) is 11.6 Å². The van der Waals surface area contributed by atoms with Crippen molar-refractivity contribution in [3.8, 4) is 17.1 Å². The zero-order chi connectivity index (χ0) is 20.4. The zero-order valence-corrected chi connectivity index (χ0v) is 15.7. The van der Waals surface area contributed by atoms with Crippen LogP contribution in [-0.2, 0) is 11.3 Å². The van der Waals surface area contributed by atoms with Crippen molar-refractivity contribution in [3.63, 3.8) is 0 Å².